The number of carbonyl (C=O) groups excluding carboxylic acids is 1. The van der Waals surface area contributed by atoms with Gasteiger partial charge in [0, 0.05) is 12.0 Å². The second kappa shape index (κ2) is 17.1. The van der Waals surface area contributed by atoms with E-state index in [2.05, 4.69) is 30.7 Å². The Bertz CT molecular complexity index is 810. The number of rotatable bonds is 18. The van der Waals surface area contributed by atoms with E-state index in [1.165, 1.54) is 57.8 Å². The highest BCUT2D eigenvalue weighted by molar-refractivity contribution is 5.72. The van der Waals surface area contributed by atoms with Crippen LogP contribution in [0, 0.1) is 5.92 Å². The number of unbranched alkanes of at least 4 members (excludes halogenated alkanes) is 9. The molecule has 0 saturated heterocycles. The van der Waals surface area contributed by atoms with E-state index in [-0.39, 0.29) is 12.0 Å². The number of hydrogen-bond donors (Lipinski definition) is 0. The number of nitrogens with zero attached hydrogens (tertiary/aromatic N) is 2. The maximum Gasteiger partial charge on any atom is 0.325 e. The van der Waals surface area contributed by atoms with Crippen molar-refractivity contribution < 1.29 is 14.3 Å². The van der Waals surface area contributed by atoms with Gasteiger partial charge in [-0.15, -0.1) is 0 Å². The average Bonchev–Trinajstić information content (AvgIpc) is 2.87. The van der Waals surface area contributed by atoms with Crippen molar-refractivity contribution in [2.75, 3.05) is 6.61 Å². The second-order valence-electron chi connectivity index (χ2n) is 9.29. The Morgan fingerprint density at radius 2 is 1.56 bits per heavy atom. The fourth-order valence-corrected chi connectivity index (χ4v) is 3.81. The highest BCUT2D eigenvalue weighted by Crippen LogP contribution is 2.29. The molecule has 0 aliphatic carbocycles. The lowest BCUT2D eigenvalue weighted by Gasteiger charge is -2.12. The van der Waals surface area contributed by atoms with E-state index < -0.39 is 0 Å². The molecule has 1 atom stereocenters. The third-order valence-electron chi connectivity index (χ3n) is 6.28. The largest absolute Gasteiger partial charge is 0.490 e. The van der Waals surface area contributed by atoms with Crippen molar-refractivity contribution in [2.24, 2.45) is 5.92 Å². The van der Waals surface area contributed by atoms with Crippen LogP contribution in [0.3, 0.4) is 0 Å². The van der Waals surface area contributed by atoms with Gasteiger partial charge in [0.25, 0.3) is 0 Å². The van der Waals surface area contributed by atoms with Gasteiger partial charge in [0.2, 0.25) is 0 Å². The van der Waals surface area contributed by atoms with Crippen molar-refractivity contribution in [1.29, 1.82) is 0 Å². The monoisotopic (exact) mass is 468 g/mol. The first kappa shape index (κ1) is 27.8. The van der Waals surface area contributed by atoms with Crippen molar-refractivity contribution >= 4 is 5.97 Å². The lowest BCUT2D eigenvalue weighted by Crippen LogP contribution is -2.12. The SMILES string of the molecule is CCCCCCCCCCCCOc1cnc(OC(=O)CCC(C)CC)nc1-c1ccccc1. The lowest BCUT2D eigenvalue weighted by molar-refractivity contribution is -0.135. The van der Waals surface area contributed by atoms with Gasteiger partial charge in [0.15, 0.2) is 5.75 Å². The van der Waals surface area contributed by atoms with Crippen LogP contribution in [-0.2, 0) is 4.79 Å². The van der Waals surface area contributed by atoms with Crippen LogP contribution < -0.4 is 9.47 Å². The van der Waals surface area contributed by atoms with Crippen molar-refractivity contribution in [3.63, 3.8) is 0 Å². The zero-order chi connectivity index (χ0) is 24.4. The summed E-state index contributed by atoms with van der Waals surface area (Å²) in [6, 6.07) is 9.92. The van der Waals surface area contributed by atoms with Gasteiger partial charge < -0.3 is 9.47 Å². The number of ether oxygens (including phenoxy) is 2. The van der Waals surface area contributed by atoms with Crippen molar-refractivity contribution in [3.8, 4) is 23.0 Å². The van der Waals surface area contributed by atoms with Crippen LogP contribution in [0.15, 0.2) is 36.5 Å². The summed E-state index contributed by atoms with van der Waals surface area (Å²) < 4.78 is 11.5. The molecule has 0 radical (unpaired) electrons. The summed E-state index contributed by atoms with van der Waals surface area (Å²) in [7, 11) is 0. The quantitative estimate of drug-likeness (QED) is 0.163. The summed E-state index contributed by atoms with van der Waals surface area (Å²) in [4.78, 5) is 21.0. The molecule has 1 heterocycles. The molecule has 0 spiro atoms. The molecule has 0 bridgehead atoms. The van der Waals surface area contributed by atoms with Gasteiger partial charge in [-0.3, -0.25) is 4.79 Å². The van der Waals surface area contributed by atoms with Gasteiger partial charge in [0.05, 0.1) is 12.8 Å². The van der Waals surface area contributed by atoms with E-state index >= 15 is 0 Å². The van der Waals surface area contributed by atoms with E-state index in [1.54, 1.807) is 6.20 Å². The topological polar surface area (TPSA) is 61.3 Å². The minimum Gasteiger partial charge on any atom is -0.490 e. The molecule has 188 valence electrons. The average molecular weight is 469 g/mol. The number of benzene rings is 1. The predicted molar refractivity (Wildman–Crippen MR) is 139 cm³/mol. The third kappa shape index (κ3) is 11.1. The van der Waals surface area contributed by atoms with Crippen LogP contribution in [0.25, 0.3) is 11.3 Å². The molecule has 5 nitrogen and oxygen atoms in total. The molecular formula is C29H44N2O3. The number of carbonyl (C=O) groups is 1. The number of esters is 1. The molecule has 0 aliphatic heterocycles. The Hall–Kier alpha value is -2.43. The van der Waals surface area contributed by atoms with Crippen LogP contribution in [0.1, 0.15) is 104 Å². The van der Waals surface area contributed by atoms with Gasteiger partial charge in [-0.25, -0.2) is 0 Å². The zero-order valence-corrected chi connectivity index (χ0v) is 21.6. The maximum absolute atomic E-state index is 12.2. The minimum absolute atomic E-state index is 0.0827. The summed E-state index contributed by atoms with van der Waals surface area (Å²) in [5, 5.41) is 0. The van der Waals surface area contributed by atoms with Crippen LogP contribution in [0.5, 0.6) is 11.8 Å². The predicted octanol–water partition coefficient (Wildman–Crippen LogP) is 8.18. The van der Waals surface area contributed by atoms with Gasteiger partial charge in [-0.2, -0.15) is 9.97 Å². The number of hydrogen-bond acceptors (Lipinski definition) is 5. The smallest absolute Gasteiger partial charge is 0.325 e. The second-order valence-corrected chi connectivity index (χ2v) is 9.29. The lowest BCUT2D eigenvalue weighted by atomic mass is 10.0. The van der Waals surface area contributed by atoms with Crippen LogP contribution >= 0.6 is 0 Å². The van der Waals surface area contributed by atoms with E-state index in [1.807, 2.05) is 30.3 Å². The summed E-state index contributed by atoms with van der Waals surface area (Å²) in [5.74, 6) is 0.829. The fraction of sp³-hybridized carbons (Fsp3) is 0.621. The molecule has 2 aromatic rings. The van der Waals surface area contributed by atoms with Gasteiger partial charge in [-0.05, 0) is 18.8 Å². The minimum atomic E-state index is -0.293. The third-order valence-corrected chi connectivity index (χ3v) is 6.28. The molecule has 0 saturated carbocycles. The molecule has 0 fully saturated rings. The van der Waals surface area contributed by atoms with E-state index in [0.717, 1.165) is 24.8 Å². The Morgan fingerprint density at radius 3 is 2.21 bits per heavy atom. The molecular weight excluding hydrogens is 424 g/mol. The first-order valence-electron chi connectivity index (χ1n) is 13.4. The Labute approximate surface area is 206 Å². The molecule has 1 aromatic heterocycles. The highest BCUT2D eigenvalue weighted by Gasteiger charge is 2.15. The van der Waals surface area contributed by atoms with Crippen molar-refractivity contribution in [3.05, 3.63) is 36.5 Å². The summed E-state index contributed by atoms with van der Waals surface area (Å²) in [6.45, 7) is 7.15. The first-order valence-corrected chi connectivity index (χ1v) is 13.4. The molecule has 2 rings (SSSR count). The molecule has 1 unspecified atom stereocenters. The Morgan fingerprint density at radius 1 is 0.912 bits per heavy atom. The normalized spacial score (nSPS) is 11.9. The summed E-state index contributed by atoms with van der Waals surface area (Å²) >= 11 is 0. The number of aromatic nitrogens is 2. The molecule has 34 heavy (non-hydrogen) atoms. The van der Waals surface area contributed by atoms with E-state index in [4.69, 9.17) is 9.47 Å². The van der Waals surface area contributed by atoms with Gasteiger partial charge >= 0.3 is 12.0 Å². The molecule has 1 aromatic carbocycles. The Balaban J connectivity index is 1.83. The van der Waals surface area contributed by atoms with Crippen molar-refractivity contribution in [2.45, 2.75) is 104 Å². The van der Waals surface area contributed by atoms with Crippen LogP contribution in [0.4, 0.5) is 0 Å². The molecule has 0 amide bonds. The highest BCUT2D eigenvalue weighted by atomic mass is 16.5. The first-order chi connectivity index (χ1) is 16.6. The summed E-state index contributed by atoms with van der Waals surface area (Å²) in [6.07, 6.45) is 16.7. The van der Waals surface area contributed by atoms with E-state index in [9.17, 15) is 4.79 Å². The maximum atomic E-state index is 12.2. The van der Waals surface area contributed by atoms with Crippen molar-refractivity contribution in [1.82, 2.24) is 9.97 Å². The molecule has 0 aliphatic rings. The van der Waals surface area contributed by atoms with Gasteiger partial charge in [0.1, 0.15) is 5.69 Å². The summed E-state index contributed by atoms with van der Waals surface area (Å²) in [5.41, 5.74) is 1.58. The zero-order valence-electron chi connectivity index (χ0n) is 21.6. The fourth-order valence-electron chi connectivity index (χ4n) is 3.81. The van der Waals surface area contributed by atoms with Crippen LogP contribution in [-0.4, -0.2) is 22.5 Å². The molecule has 0 N–H and O–H groups in total. The standard InChI is InChI=1S/C29H44N2O3/c1-4-6-7-8-9-10-11-12-13-17-22-33-26-23-30-29(34-27(32)21-20-24(3)5-2)31-28(26)25-18-15-14-16-19-25/h14-16,18-19,23-24H,4-13,17,20-22H2,1-3H3. The Kier molecular flexibility index (Phi) is 14.0. The molecule has 5 heteroatoms. The van der Waals surface area contributed by atoms with Crippen LogP contribution in [0.2, 0.25) is 0 Å². The van der Waals surface area contributed by atoms with E-state index in [0.29, 0.717) is 30.4 Å². The van der Waals surface area contributed by atoms with Gasteiger partial charge in [-0.1, -0.05) is 115 Å².